The van der Waals surface area contributed by atoms with E-state index in [9.17, 15) is 0 Å². The first-order chi connectivity index (χ1) is 8.36. The Kier molecular flexibility index (Phi) is 1.93. The molecule has 4 nitrogen and oxygen atoms in total. The van der Waals surface area contributed by atoms with Gasteiger partial charge in [-0.2, -0.15) is 0 Å². The van der Waals surface area contributed by atoms with Crippen molar-refractivity contribution in [3.8, 4) is 0 Å². The van der Waals surface area contributed by atoms with E-state index in [0.29, 0.717) is 5.92 Å². The molecular weight excluding hydrogens is 216 g/mol. The second kappa shape index (κ2) is 3.37. The van der Waals surface area contributed by atoms with Gasteiger partial charge in [0.05, 0.1) is 6.26 Å². The summed E-state index contributed by atoms with van der Waals surface area (Å²) >= 11 is 0. The van der Waals surface area contributed by atoms with Crippen molar-refractivity contribution >= 4 is 5.70 Å². The molecule has 4 aliphatic heterocycles. The molecule has 2 bridgehead atoms. The maximum Gasteiger partial charge on any atom is 0.151 e. The van der Waals surface area contributed by atoms with Gasteiger partial charge in [0, 0.05) is 6.54 Å². The molecule has 90 valence electrons. The number of piperidine rings is 3. The first-order valence-corrected chi connectivity index (χ1v) is 6.29. The Bertz CT molecular complexity index is 446. The SMILES string of the molecule is C1=C(c2ccco2)NOC12CN1CCC2CC1. The zero-order valence-corrected chi connectivity index (χ0v) is 9.69. The summed E-state index contributed by atoms with van der Waals surface area (Å²) < 4.78 is 5.41. The van der Waals surface area contributed by atoms with Gasteiger partial charge in [-0.05, 0) is 50.1 Å². The van der Waals surface area contributed by atoms with E-state index in [1.807, 2.05) is 12.1 Å². The molecule has 0 saturated carbocycles. The minimum Gasteiger partial charge on any atom is -0.463 e. The van der Waals surface area contributed by atoms with Gasteiger partial charge in [0.15, 0.2) is 5.76 Å². The molecule has 3 fully saturated rings. The van der Waals surface area contributed by atoms with Crippen LogP contribution in [0.4, 0.5) is 0 Å². The topological polar surface area (TPSA) is 37.6 Å². The number of fused-ring (bicyclic) bond motifs is 2. The Morgan fingerprint density at radius 3 is 2.88 bits per heavy atom. The maximum absolute atomic E-state index is 5.91. The van der Waals surface area contributed by atoms with Crippen molar-refractivity contribution in [2.45, 2.75) is 18.4 Å². The average Bonchev–Trinajstić information content (AvgIpc) is 3.00. The number of furan rings is 1. The molecule has 1 aromatic heterocycles. The quantitative estimate of drug-likeness (QED) is 0.798. The van der Waals surface area contributed by atoms with Crippen molar-refractivity contribution < 1.29 is 9.25 Å². The van der Waals surface area contributed by atoms with Crippen LogP contribution in [0, 0.1) is 5.92 Å². The minimum atomic E-state index is -0.126. The average molecular weight is 232 g/mol. The van der Waals surface area contributed by atoms with Crippen LogP contribution in [-0.4, -0.2) is 30.1 Å². The van der Waals surface area contributed by atoms with Gasteiger partial charge < -0.3 is 4.42 Å². The van der Waals surface area contributed by atoms with E-state index in [2.05, 4.69) is 16.5 Å². The molecule has 3 saturated heterocycles. The highest BCUT2D eigenvalue weighted by atomic mass is 16.7. The van der Waals surface area contributed by atoms with Crippen LogP contribution >= 0.6 is 0 Å². The van der Waals surface area contributed by atoms with E-state index >= 15 is 0 Å². The van der Waals surface area contributed by atoms with Gasteiger partial charge in [-0.25, -0.2) is 0 Å². The minimum absolute atomic E-state index is 0.126. The van der Waals surface area contributed by atoms with Crippen molar-refractivity contribution in [3.05, 3.63) is 30.2 Å². The number of hydrogen-bond donors (Lipinski definition) is 1. The second-order valence-electron chi connectivity index (χ2n) is 5.24. The lowest BCUT2D eigenvalue weighted by Crippen LogP contribution is -2.58. The Morgan fingerprint density at radius 1 is 1.35 bits per heavy atom. The zero-order valence-electron chi connectivity index (χ0n) is 9.69. The molecule has 1 atom stereocenters. The van der Waals surface area contributed by atoms with Gasteiger partial charge in [0.25, 0.3) is 0 Å². The van der Waals surface area contributed by atoms with Gasteiger partial charge in [0.2, 0.25) is 0 Å². The molecule has 5 rings (SSSR count). The summed E-state index contributed by atoms with van der Waals surface area (Å²) in [5, 5.41) is 0. The summed E-state index contributed by atoms with van der Waals surface area (Å²) in [7, 11) is 0. The molecule has 4 aliphatic rings. The molecule has 17 heavy (non-hydrogen) atoms. The highest BCUT2D eigenvalue weighted by Crippen LogP contribution is 2.42. The van der Waals surface area contributed by atoms with Crippen LogP contribution in [0.2, 0.25) is 0 Å². The van der Waals surface area contributed by atoms with Gasteiger partial charge in [0.1, 0.15) is 11.3 Å². The van der Waals surface area contributed by atoms with Crippen LogP contribution in [0.1, 0.15) is 18.6 Å². The standard InChI is InChI=1S/C13H16N2O2/c1-2-12(16-7-1)11-8-13(17-14-11)9-15-5-3-10(13)4-6-15/h1-2,7-8,10,14H,3-6,9H2. The molecule has 1 N–H and O–H groups in total. The number of hydroxylamine groups is 1. The molecule has 1 aromatic rings. The predicted molar refractivity (Wildman–Crippen MR) is 62.8 cm³/mol. The third-order valence-electron chi connectivity index (χ3n) is 4.28. The molecule has 4 heteroatoms. The Labute approximate surface area is 100 Å². The van der Waals surface area contributed by atoms with E-state index in [1.54, 1.807) is 6.26 Å². The molecule has 0 aromatic carbocycles. The van der Waals surface area contributed by atoms with Crippen LogP contribution in [0.5, 0.6) is 0 Å². The molecule has 1 unspecified atom stereocenters. The zero-order chi connectivity index (χ0) is 11.3. The number of nitrogens with zero attached hydrogens (tertiary/aromatic N) is 1. The van der Waals surface area contributed by atoms with E-state index in [0.717, 1.165) is 18.0 Å². The predicted octanol–water partition coefficient (Wildman–Crippen LogP) is 1.62. The Hall–Kier alpha value is -1.26. The maximum atomic E-state index is 5.91. The fourth-order valence-electron chi connectivity index (χ4n) is 3.34. The monoisotopic (exact) mass is 232 g/mol. The van der Waals surface area contributed by atoms with Crippen LogP contribution < -0.4 is 5.48 Å². The molecule has 5 heterocycles. The highest BCUT2D eigenvalue weighted by molar-refractivity contribution is 5.62. The lowest BCUT2D eigenvalue weighted by Gasteiger charge is -2.49. The van der Waals surface area contributed by atoms with Crippen molar-refractivity contribution in [2.75, 3.05) is 19.6 Å². The Morgan fingerprint density at radius 2 is 2.24 bits per heavy atom. The summed E-state index contributed by atoms with van der Waals surface area (Å²) in [6, 6.07) is 3.86. The van der Waals surface area contributed by atoms with Crippen LogP contribution in [-0.2, 0) is 4.84 Å². The summed E-state index contributed by atoms with van der Waals surface area (Å²) in [4.78, 5) is 8.40. The fraction of sp³-hybridized carbons (Fsp3) is 0.538. The van der Waals surface area contributed by atoms with Crippen molar-refractivity contribution in [2.24, 2.45) is 5.92 Å². The number of hydrogen-bond acceptors (Lipinski definition) is 4. The lowest BCUT2D eigenvalue weighted by molar-refractivity contribution is -0.135. The summed E-state index contributed by atoms with van der Waals surface area (Å²) in [6.45, 7) is 3.45. The normalized spacial score (nSPS) is 39.4. The third kappa shape index (κ3) is 1.37. The van der Waals surface area contributed by atoms with E-state index in [-0.39, 0.29) is 5.60 Å². The van der Waals surface area contributed by atoms with Crippen molar-refractivity contribution in [1.82, 2.24) is 10.4 Å². The Balaban J connectivity index is 1.68. The molecule has 1 spiro atoms. The van der Waals surface area contributed by atoms with Crippen molar-refractivity contribution in [1.29, 1.82) is 0 Å². The van der Waals surface area contributed by atoms with Crippen molar-refractivity contribution in [3.63, 3.8) is 0 Å². The molecule has 0 aliphatic carbocycles. The summed E-state index contributed by atoms with van der Waals surface area (Å²) in [5.74, 6) is 1.51. The lowest BCUT2D eigenvalue weighted by atomic mass is 9.75. The molecular formula is C13H16N2O2. The number of rotatable bonds is 1. The third-order valence-corrected chi connectivity index (χ3v) is 4.28. The number of nitrogens with one attached hydrogen (secondary N) is 1. The smallest absolute Gasteiger partial charge is 0.151 e. The summed E-state index contributed by atoms with van der Waals surface area (Å²) in [5.41, 5.74) is 3.89. The first kappa shape index (κ1) is 9.74. The van der Waals surface area contributed by atoms with Crippen LogP contribution in [0.25, 0.3) is 5.70 Å². The van der Waals surface area contributed by atoms with Gasteiger partial charge in [-0.1, -0.05) is 0 Å². The second-order valence-corrected chi connectivity index (χ2v) is 5.24. The van der Waals surface area contributed by atoms with Gasteiger partial charge >= 0.3 is 0 Å². The van der Waals surface area contributed by atoms with E-state index in [4.69, 9.17) is 9.25 Å². The van der Waals surface area contributed by atoms with Crippen LogP contribution in [0.3, 0.4) is 0 Å². The molecule has 0 amide bonds. The first-order valence-electron chi connectivity index (χ1n) is 6.29. The summed E-state index contributed by atoms with van der Waals surface area (Å²) in [6.07, 6.45) is 6.40. The van der Waals surface area contributed by atoms with Gasteiger partial charge in [-0.3, -0.25) is 15.2 Å². The largest absolute Gasteiger partial charge is 0.463 e. The fourth-order valence-corrected chi connectivity index (χ4v) is 3.34. The molecule has 0 radical (unpaired) electrons. The highest BCUT2D eigenvalue weighted by Gasteiger charge is 2.49. The van der Waals surface area contributed by atoms with Gasteiger partial charge in [-0.15, -0.1) is 0 Å². The van der Waals surface area contributed by atoms with Crippen LogP contribution in [0.15, 0.2) is 28.9 Å². The van der Waals surface area contributed by atoms with E-state index < -0.39 is 0 Å². The van der Waals surface area contributed by atoms with E-state index in [1.165, 1.54) is 25.9 Å².